The smallest absolute Gasteiger partial charge is 0.289 e. The van der Waals surface area contributed by atoms with Gasteiger partial charge in [-0.15, -0.1) is 0 Å². The second-order valence-corrected chi connectivity index (χ2v) is 7.74. The number of hydrogen-bond donors (Lipinski definition) is 0. The maximum atomic E-state index is 13.3. The minimum absolute atomic E-state index is 0.103. The minimum atomic E-state index is -0.422. The molecule has 2 aliphatic rings. The molecule has 0 N–H and O–H groups in total. The van der Waals surface area contributed by atoms with Gasteiger partial charge in [-0.3, -0.25) is 14.4 Å². The van der Waals surface area contributed by atoms with E-state index in [1.54, 1.807) is 4.90 Å². The van der Waals surface area contributed by atoms with Gasteiger partial charge in [-0.05, 0) is 54.0 Å². The van der Waals surface area contributed by atoms with Crippen molar-refractivity contribution in [2.45, 2.75) is 45.4 Å². The molecule has 4 heteroatoms. The van der Waals surface area contributed by atoms with E-state index in [0.717, 1.165) is 36.6 Å². The van der Waals surface area contributed by atoms with Crippen LogP contribution in [0.25, 0.3) is 10.8 Å². The molecule has 27 heavy (non-hydrogen) atoms. The Kier molecular flexibility index (Phi) is 4.81. The zero-order valence-electron chi connectivity index (χ0n) is 15.8. The SMILES string of the molecule is CCCC(=O)C(=O)N1CCCC(C(=O)c2ccc3c4c(cccc24)CC3)C1. The quantitative estimate of drug-likeness (QED) is 0.601. The number of aryl methyl sites for hydroxylation is 2. The molecule has 1 fully saturated rings. The molecule has 0 aromatic heterocycles. The molecule has 2 aromatic carbocycles. The molecule has 1 heterocycles. The number of hydrogen-bond acceptors (Lipinski definition) is 3. The average Bonchev–Trinajstić information content (AvgIpc) is 3.12. The molecule has 1 saturated heterocycles. The largest absolute Gasteiger partial charge is 0.335 e. The van der Waals surface area contributed by atoms with Crippen LogP contribution in [0.1, 0.15) is 54.1 Å². The van der Waals surface area contributed by atoms with Crippen LogP contribution in [0.3, 0.4) is 0 Å². The molecule has 0 radical (unpaired) electrons. The summed E-state index contributed by atoms with van der Waals surface area (Å²) in [7, 11) is 0. The molecule has 4 nitrogen and oxygen atoms in total. The van der Waals surface area contributed by atoms with Gasteiger partial charge in [0.15, 0.2) is 5.78 Å². The third kappa shape index (κ3) is 3.18. The number of rotatable bonds is 5. The third-order valence-electron chi connectivity index (χ3n) is 5.94. The van der Waals surface area contributed by atoms with E-state index in [2.05, 4.69) is 12.1 Å². The maximum Gasteiger partial charge on any atom is 0.289 e. The van der Waals surface area contributed by atoms with Crippen molar-refractivity contribution in [1.29, 1.82) is 0 Å². The summed E-state index contributed by atoms with van der Waals surface area (Å²) in [5, 5.41) is 2.28. The molecule has 4 rings (SSSR count). The van der Waals surface area contributed by atoms with Crippen LogP contribution in [0.15, 0.2) is 30.3 Å². The molecule has 1 aliphatic heterocycles. The minimum Gasteiger partial charge on any atom is -0.335 e. The second-order valence-electron chi connectivity index (χ2n) is 7.74. The van der Waals surface area contributed by atoms with E-state index < -0.39 is 5.91 Å². The number of carbonyl (C=O) groups excluding carboxylic acids is 3. The fourth-order valence-electron chi connectivity index (χ4n) is 4.57. The molecule has 1 amide bonds. The molecule has 1 aliphatic carbocycles. The van der Waals surface area contributed by atoms with Gasteiger partial charge in [-0.2, -0.15) is 0 Å². The topological polar surface area (TPSA) is 54.5 Å². The second kappa shape index (κ2) is 7.26. The van der Waals surface area contributed by atoms with Gasteiger partial charge >= 0.3 is 0 Å². The highest BCUT2D eigenvalue weighted by atomic mass is 16.2. The number of ketones is 2. The fourth-order valence-corrected chi connectivity index (χ4v) is 4.57. The van der Waals surface area contributed by atoms with E-state index in [-0.39, 0.29) is 23.9 Å². The highest BCUT2D eigenvalue weighted by molar-refractivity contribution is 6.36. The number of carbonyl (C=O) groups is 3. The van der Waals surface area contributed by atoms with Crippen LogP contribution < -0.4 is 0 Å². The lowest BCUT2D eigenvalue weighted by atomic mass is 9.87. The summed E-state index contributed by atoms with van der Waals surface area (Å²) >= 11 is 0. The van der Waals surface area contributed by atoms with Gasteiger partial charge in [-0.25, -0.2) is 0 Å². The molecule has 1 atom stereocenters. The summed E-state index contributed by atoms with van der Waals surface area (Å²) in [6, 6.07) is 10.3. The lowest BCUT2D eigenvalue weighted by Gasteiger charge is -2.31. The van der Waals surface area contributed by atoms with Gasteiger partial charge < -0.3 is 4.90 Å². The van der Waals surface area contributed by atoms with Gasteiger partial charge in [0, 0.05) is 31.0 Å². The zero-order valence-corrected chi connectivity index (χ0v) is 15.8. The highest BCUT2D eigenvalue weighted by Gasteiger charge is 2.32. The van der Waals surface area contributed by atoms with E-state index in [4.69, 9.17) is 0 Å². The summed E-state index contributed by atoms with van der Waals surface area (Å²) < 4.78 is 0. The van der Waals surface area contributed by atoms with Crippen LogP contribution >= 0.6 is 0 Å². The number of benzene rings is 2. The van der Waals surface area contributed by atoms with E-state index in [9.17, 15) is 14.4 Å². The number of Topliss-reactive ketones (excluding diaryl/α,β-unsaturated/α-hetero) is 2. The van der Waals surface area contributed by atoms with Crippen molar-refractivity contribution in [1.82, 2.24) is 4.90 Å². The summed E-state index contributed by atoms with van der Waals surface area (Å²) in [6.07, 6.45) is 4.56. The molecule has 2 aromatic rings. The first-order chi connectivity index (χ1) is 13.1. The first-order valence-corrected chi connectivity index (χ1v) is 10.00. The molecule has 0 saturated carbocycles. The molecular formula is C23H25NO3. The lowest BCUT2D eigenvalue weighted by Crippen LogP contribution is -2.45. The number of nitrogens with zero attached hydrogens (tertiary/aromatic N) is 1. The predicted molar refractivity (Wildman–Crippen MR) is 105 cm³/mol. The third-order valence-corrected chi connectivity index (χ3v) is 5.94. The van der Waals surface area contributed by atoms with E-state index in [1.165, 1.54) is 16.5 Å². The Morgan fingerprint density at radius 2 is 1.85 bits per heavy atom. The first-order valence-electron chi connectivity index (χ1n) is 10.00. The van der Waals surface area contributed by atoms with Gasteiger partial charge in [-0.1, -0.05) is 37.3 Å². The van der Waals surface area contributed by atoms with Crippen molar-refractivity contribution >= 4 is 28.2 Å². The van der Waals surface area contributed by atoms with E-state index >= 15 is 0 Å². The van der Waals surface area contributed by atoms with Crippen LogP contribution in [-0.2, 0) is 22.4 Å². The molecule has 1 unspecified atom stereocenters. The van der Waals surface area contributed by atoms with Crippen LogP contribution in [-0.4, -0.2) is 35.5 Å². The Morgan fingerprint density at radius 1 is 1.07 bits per heavy atom. The standard InChI is InChI=1S/C23H25NO3/c1-2-5-20(25)23(27)24-13-4-7-17(14-24)22(26)19-12-11-16-10-9-15-6-3-8-18(19)21(15)16/h3,6,8,11-12,17H,2,4-5,7,9-10,13-14H2,1H3. The van der Waals surface area contributed by atoms with Gasteiger partial charge in [0.05, 0.1) is 0 Å². The zero-order chi connectivity index (χ0) is 19.0. The van der Waals surface area contributed by atoms with Crippen molar-refractivity contribution in [2.24, 2.45) is 5.92 Å². The average molecular weight is 363 g/mol. The molecular weight excluding hydrogens is 338 g/mol. The maximum absolute atomic E-state index is 13.3. The van der Waals surface area contributed by atoms with Gasteiger partial charge in [0.25, 0.3) is 5.91 Å². The van der Waals surface area contributed by atoms with Gasteiger partial charge in [0.2, 0.25) is 5.78 Å². The summed E-state index contributed by atoms with van der Waals surface area (Å²) in [5.41, 5.74) is 3.40. The highest BCUT2D eigenvalue weighted by Crippen LogP contribution is 2.34. The Hall–Kier alpha value is -2.49. The Balaban J connectivity index is 1.59. The van der Waals surface area contributed by atoms with Crippen LogP contribution in [0, 0.1) is 5.92 Å². The Morgan fingerprint density at radius 3 is 2.63 bits per heavy atom. The van der Waals surface area contributed by atoms with Crippen LogP contribution in [0.4, 0.5) is 0 Å². The first kappa shape index (κ1) is 17.9. The monoisotopic (exact) mass is 363 g/mol. The van der Waals surface area contributed by atoms with E-state index in [0.29, 0.717) is 19.5 Å². The fraction of sp³-hybridized carbons (Fsp3) is 0.435. The lowest BCUT2D eigenvalue weighted by molar-refractivity contribution is -0.145. The van der Waals surface area contributed by atoms with Crippen LogP contribution in [0.5, 0.6) is 0 Å². The Bertz CT molecular complexity index is 920. The summed E-state index contributed by atoms with van der Waals surface area (Å²) in [6.45, 7) is 2.82. The molecule has 140 valence electrons. The van der Waals surface area contributed by atoms with Crippen molar-refractivity contribution in [3.63, 3.8) is 0 Å². The normalized spacial score (nSPS) is 18.7. The summed E-state index contributed by atoms with van der Waals surface area (Å²) in [5.74, 6) is -0.882. The molecule has 0 spiro atoms. The van der Waals surface area contributed by atoms with Crippen molar-refractivity contribution in [3.05, 3.63) is 47.0 Å². The van der Waals surface area contributed by atoms with Crippen molar-refractivity contribution < 1.29 is 14.4 Å². The number of piperidine rings is 1. The van der Waals surface area contributed by atoms with Crippen LogP contribution in [0.2, 0.25) is 0 Å². The van der Waals surface area contributed by atoms with Crippen molar-refractivity contribution in [2.75, 3.05) is 13.1 Å². The van der Waals surface area contributed by atoms with E-state index in [1.807, 2.05) is 25.1 Å². The van der Waals surface area contributed by atoms with Gasteiger partial charge in [0.1, 0.15) is 0 Å². The number of amides is 1. The van der Waals surface area contributed by atoms with Crippen molar-refractivity contribution in [3.8, 4) is 0 Å². The summed E-state index contributed by atoms with van der Waals surface area (Å²) in [4.78, 5) is 39.2. The predicted octanol–water partition coefficient (Wildman–Crippen LogP) is 3.73. The number of likely N-dealkylation sites (tertiary alicyclic amines) is 1. The molecule has 0 bridgehead atoms. The Labute approximate surface area is 159 Å².